The number of ether oxygens (including phenoxy) is 1. The predicted molar refractivity (Wildman–Crippen MR) is 90.8 cm³/mol. The summed E-state index contributed by atoms with van der Waals surface area (Å²) in [4.78, 5) is 0.260. The van der Waals surface area contributed by atoms with Gasteiger partial charge in [0.05, 0.1) is 36.8 Å². The standard InChI is InChI=1S/C17H17N3O4S/c21-25(22,16-1-2-17-13(9-16)4-8-24-17)19-5-6-20-11-15(10-18-20)14-3-7-23-12-14/h1-3,7,9-12,19H,4-6,8H2. The smallest absolute Gasteiger partial charge is 0.240 e. The second kappa shape index (κ2) is 6.38. The van der Waals surface area contributed by atoms with Gasteiger partial charge in [0.2, 0.25) is 10.0 Å². The van der Waals surface area contributed by atoms with Crippen LogP contribution in [0.3, 0.4) is 0 Å². The molecular weight excluding hydrogens is 342 g/mol. The third kappa shape index (κ3) is 3.31. The molecule has 7 nitrogen and oxygen atoms in total. The summed E-state index contributed by atoms with van der Waals surface area (Å²) in [6, 6.07) is 6.80. The lowest BCUT2D eigenvalue weighted by atomic mass is 10.2. The third-order valence-electron chi connectivity index (χ3n) is 4.09. The van der Waals surface area contributed by atoms with Crippen molar-refractivity contribution in [2.45, 2.75) is 17.9 Å². The van der Waals surface area contributed by atoms with Gasteiger partial charge in [-0.1, -0.05) is 0 Å². The fourth-order valence-electron chi connectivity index (χ4n) is 2.77. The lowest BCUT2D eigenvalue weighted by molar-refractivity contribution is 0.356. The molecule has 1 N–H and O–H groups in total. The van der Waals surface area contributed by atoms with Crippen LogP contribution in [0, 0.1) is 0 Å². The minimum Gasteiger partial charge on any atom is -0.493 e. The molecule has 0 spiro atoms. The fourth-order valence-corrected chi connectivity index (χ4v) is 3.84. The fraction of sp³-hybridized carbons (Fsp3) is 0.235. The Labute approximate surface area is 145 Å². The summed E-state index contributed by atoms with van der Waals surface area (Å²) in [7, 11) is -3.55. The van der Waals surface area contributed by atoms with Gasteiger partial charge in [-0.25, -0.2) is 13.1 Å². The Hall–Kier alpha value is -2.58. The van der Waals surface area contributed by atoms with Gasteiger partial charge >= 0.3 is 0 Å². The van der Waals surface area contributed by atoms with Crippen LogP contribution in [0.25, 0.3) is 11.1 Å². The number of benzene rings is 1. The molecule has 3 heterocycles. The molecule has 8 heteroatoms. The van der Waals surface area contributed by atoms with Crippen molar-refractivity contribution in [1.29, 1.82) is 0 Å². The van der Waals surface area contributed by atoms with Crippen molar-refractivity contribution in [3.8, 4) is 16.9 Å². The first-order valence-corrected chi connectivity index (χ1v) is 9.40. The van der Waals surface area contributed by atoms with Crippen LogP contribution in [-0.2, 0) is 23.0 Å². The second-order valence-electron chi connectivity index (χ2n) is 5.77. The molecule has 130 valence electrons. The Kier molecular flexibility index (Phi) is 4.06. The molecule has 0 saturated carbocycles. The molecule has 2 aromatic heterocycles. The van der Waals surface area contributed by atoms with E-state index in [-0.39, 0.29) is 11.4 Å². The quantitative estimate of drug-likeness (QED) is 0.728. The van der Waals surface area contributed by atoms with Gasteiger partial charge in [-0.05, 0) is 29.8 Å². The maximum atomic E-state index is 12.4. The molecule has 0 bridgehead atoms. The molecule has 0 atom stereocenters. The first-order chi connectivity index (χ1) is 12.1. The molecule has 1 aromatic carbocycles. The zero-order valence-corrected chi connectivity index (χ0v) is 14.2. The molecule has 1 aliphatic rings. The van der Waals surface area contributed by atoms with Gasteiger partial charge in [0, 0.05) is 30.3 Å². The van der Waals surface area contributed by atoms with Crippen LogP contribution >= 0.6 is 0 Å². The number of nitrogens with zero attached hydrogens (tertiary/aromatic N) is 2. The summed E-state index contributed by atoms with van der Waals surface area (Å²) in [5.41, 5.74) is 2.79. The van der Waals surface area contributed by atoms with E-state index in [9.17, 15) is 8.42 Å². The van der Waals surface area contributed by atoms with E-state index in [0.29, 0.717) is 13.2 Å². The third-order valence-corrected chi connectivity index (χ3v) is 5.55. The zero-order valence-electron chi connectivity index (χ0n) is 13.4. The zero-order chi connectivity index (χ0) is 17.3. The molecule has 0 fully saturated rings. The van der Waals surface area contributed by atoms with Gasteiger partial charge in [0.1, 0.15) is 5.75 Å². The molecule has 0 amide bonds. The largest absolute Gasteiger partial charge is 0.493 e. The highest BCUT2D eigenvalue weighted by Gasteiger charge is 2.19. The topological polar surface area (TPSA) is 86.4 Å². The number of hydrogen-bond donors (Lipinski definition) is 1. The van der Waals surface area contributed by atoms with E-state index in [1.54, 1.807) is 41.6 Å². The summed E-state index contributed by atoms with van der Waals surface area (Å²) < 4.78 is 39.6. The van der Waals surface area contributed by atoms with Gasteiger partial charge < -0.3 is 9.15 Å². The van der Waals surface area contributed by atoms with E-state index in [1.807, 2.05) is 12.3 Å². The van der Waals surface area contributed by atoms with Crippen LogP contribution in [0.4, 0.5) is 0 Å². The highest BCUT2D eigenvalue weighted by Crippen LogP contribution is 2.27. The maximum absolute atomic E-state index is 12.4. The number of fused-ring (bicyclic) bond motifs is 1. The number of furan rings is 1. The Morgan fingerprint density at radius 1 is 1.24 bits per heavy atom. The Bertz CT molecular complexity index is 977. The highest BCUT2D eigenvalue weighted by molar-refractivity contribution is 7.89. The van der Waals surface area contributed by atoms with Gasteiger partial charge in [-0.15, -0.1) is 0 Å². The number of rotatable bonds is 6. The van der Waals surface area contributed by atoms with Crippen molar-refractivity contribution >= 4 is 10.0 Å². The lowest BCUT2D eigenvalue weighted by Gasteiger charge is -2.08. The van der Waals surface area contributed by atoms with Crippen LogP contribution in [0.2, 0.25) is 0 Å². The van der Waals surface area contributed by atoms with Crippen molar-refractivity contribution in [3.63, 3.8) is 0 Å². The second-order valence-corrected chi connectivity index (χ2v) is 7.54. The molecule has 0 unspecified atom stereocenters. The summed E-state index contributed by atoms with van der Waals surface area (Å²) in [6.07, 6.45) is 7.55. The van der Waals surface area contributed by atoms with Crippen LogP contribution in [-0.4, -0.2) is 31.3 Å². The van der Waals surface area contributed by atoms with E-state index >= 15 is 0 Å². The number of aromatic nitrogens is 2. The number of hydrogen-bond acceptors (Lipinski definition) is 5. The van der Waals surface area contributed by atoms with Crippen LogP contribution in [0.5, 0.6) is 5.75 Å². The highest BCUT2D eigenvalue weighted by atomic mass is 32.2. The summed E-state index contributed by atoms with van der Waals surface area (Å²) in [5.74, 6) is 0.766. The van der Waals surface area contributed by atoms with E-state index in [2.05, 4.69) is 9.82 Å². The van der Waals surface area contributed by atoms with E-state index in [4.69, 9.17) is 9.15 Å². The van der Waals surface area contributed by atoms with Gasteiger partial charge in [-0.3, -0.25) is 4.68 Å². The van der Waals surface area contributed by atoms with Crippen molar-refractivity contribution in [2.24, 2.45) is 0 Å². The van der Waals surface area contributed by atoms with Crippen LogP contribution in [0.1, 0.15) is 5.56 Å². The van der Waals surface area contributed by atoms with Gasteiger partial charge in [0.25, 0.3) is 0 Å². The summed E-state index contributed by atoms with van der Waals surface area (Å²) in [6.45, 7) is 1.29. The minimum absolute atomic E-state index is 0.252. The molecule has 3 aromatic rings. The molecule has 0 saturated heterocycles. The SMILES string of the molecule is O=S(=O)(NCCn1cc(-c2ccoc2)cn1)c1ccc2c(c1)CCO2. The average Bonchev–Trinajstić information content (AvgIpc) is 3.34. The van der Waals surface area contributed by atoms with Crippen LogP contribution < -0.4 is 9.46 Å². The molecule has 1 aliphatic heterocycles. The number of sulfonamides is 1. The maximum Gasteiger partial charge on any atom is 0.240 e. The first-order valence-electron chi connectivity index (χ1n) is 7.92. The number of nitrogens with one attached hydrogen (secondary N) is 1. The Morgan fingerprint density at radius 3 is 3.00 bits per heavy atom. The van der Waals surface area contributed by atoms with E-state index < -0.39 is 10.0 Å². The Morgan fingerprint density at radius 2 is 2.16 bits per heavy atom. The van der Waals surface area contributed by atoms with Crippen molar-refractivity contribution in [3.05, 3.63) is 54.7 Å². The Balaban J connectivity index is 1.39. The lowest BCUT2D eigenvalue weighted by Crippen LogP contribution is -2.27. The first kappa shape index (κ1) is 15.9. The monoisotopic (exact) mass is 359 g/mol. The van der Waals surface area contributed by atoms with Crippen molar-refractivity contribution in [1.82, 2.24) is 14.5 Å². The average molecular weight is 359 g/mol. The summed E-state index contributed by atoms with van der Waals surface area (Å²) in [5, 5.41) is 4.24. The molecular formula is C17H17N3O4S. The molecule has 0 aliphatic carbocycles. The van der Waals surface area contributed by atoms with Crippen LogP contribution in [0.15, 0.2) is 58.5 Å². The molecule has 25 heavy (non-hydrogen) atoms. The minimum atomic E-state index is -3.55. The van der Waals surface area contributed by atoms with E-state index in [0.717, 1.165) is 28.9 Å². The summed E-state index contributed by atoms with van der Waals surface area (Å²) >= 11 is 0. The molecule has 0 radical (unpaired) electrons. The van der Waals surface area contributed by atoms with Crippen molar-refractivity contribution in [2.75, 3.05) is 13.2 Å². The van der Waals surface area contributed by atoms with Gasteiger partial charge in [-0.2, -0.15) is 5.10 Å². The normalized spacial score (nSPS) is 13.6. The predicted octanol–water partition coefficient (Wildman–Crippen LogP) is 2.06. The molecule has 4 rings (SSSR count). The van der Waals surface area contributed by atoms with E-state index in [1.165, 1.54) is 0 Å². The van der Waals surface area contributed by atoms with Crippen molar-refractivity contribution < 1.29 is 17.6 Å². The van der Waals surface area contributed by atoms with Gasteiger partial charge in [0.15, 0.2) is 0 Å².